The number of rotatable bonds is 2. The van der Waals surface area contributed by atoms with E-state index in [9.17, 15) is 13.6 Å². The first-order valence-corrected chi connectivity index (χ1v) is 5.94. The number of hydrogen-bond acceptors (Lipinski definition) is 4. The minimum atomic E-state index is -0.727. The molecule has 21 heavy (non-hydrogen) atoms. The number of fused-ring (bicyclic) bond motifs is 1. The monoisotopic (exact) mass is 289 g/mol. The van der Waals surface area contributed by atoms with E-state index in [1.54, 1.807) is 0 Å². The van der Waals surface area contributed by atoms with Crippen molar-refractivity contribution in [2.45, 2.75) is 0 Å². The molecule has 3 rings (SSSR count). The fraction of sp³-hybridized carbons (Fsp3) is 0. The fourth-order valence-corrected chi connectivity index (χ4v) is 1.87. The van der Waals surface area contributed by atoms with Crippen LogP contribution >= 0.6 is 0 Å². The summed E-state index contributed by atoms with van der Waals surface area (Å²) >= 11 is 0. The lowest BCUT2D eigenvalue weighted by atomic mass is 10.2. The van der Waals surface area contributed by atoms with E-state index in [2.05, 4.69) is 9.97 Å². The number of nitrogens with two attached hydrogens (primary N) is 1. The Bertz CT molecular complexity index is 893. The summed E-state index contributed by atoms with van der Waals surface area (Å²) in [5.74, 6) is -1.58. The highest BCUT2D eigenvalue weighted by Crippen LogP contribution is 2.31. The van der Waals surface area contributed by atoms with Crippen molar-refractivity contribution in [2.24, 2.45) is 0 Å². The van der Waals surface area contributed by atoms with Crippen molar-refractivity contribution >= 4 is 16.6 Å². The first kappa shape index (κ1) is 13.0. The fourth-order valence-electron chi connectivity index (χ4n) is 1.87. The Balaban J connectivity index is 2.10. The number of ether oxygens (including phenoxy) is 1. The van der Waals surface area contributed by atoms with Gasteiger partial charge in [-0.1, -0.05) is 0 Å². The van der Waals surface area contributed by atoms with Gasteiger partial charge in [-0.25, -0.2) is 13.8 Å². The Morgan fingerprint density at radius 1 is 1.14 bits per heavy atom. The molecule has 0 bridgehead atoms. The number of anilines is 1. The third-order valence-electron chi connectivity index (χ3n) is 2.89. The van der Waals surface area contributed by atoms with Crippen LogP contribution in [0.1, 0.15) is 0 Å². The minimum Gasteiger partial charge on any atom is -0.452 e. The molecule has 0 aliphatic rings. The second-order valence-corrected chi connectivity index (χ2v) is 4.32. The van der Waals surface area contributed by atoms with Gasteiger partial charge in [0.05, 0.1) is 22.9 Å². The lowest BCUT2D eigenvalue weighted by molar-refractivity contribution is 0.438. The summed E-state index contributed by atoms with van der Waals surface area (Å²) in [7, 11) is 0. The third kappa shape index (κ3) is 2.40. The molecule has 5 nitrogen and oxygen atoms in total. The van der Waals surface area contributed by atoms with Crippen molar-refractivity contribution in [3.05, 3.63) is 58.6 Å². The molecule has 0 spiro atoms. The van der Waals surface area contributed by atoms with E-state index >= 15 is 0 Å². The number of nitrogens with zero attached hydrogens (tertiary/aromatic N) is 1. The molecule has 2 aromatic carbocycles. The molecule has 3 aromatic rings. The Labute approximate surface area is 117 Å². The summed E-state index contributed by atoms with van der Waals surface area (Å²) in [5.41, 5.74) is 5.87. The molecular formula is C14H9F2N3O2. The van der Waals surface area contributed by atoms with Crippen molar-refractivity contribution in [3.63, 3.8) is 0 Å². The molecule has 0 saturated carbocycles. The summed E-state index contributed by atoms with van der Waals surface area (Å²) in [5, 5.41) is 0.280. The van der Waals surface area contributed by atoms with Crippen LogP contribution in [-0.2, 0) is 0 Å². The quantitative estimate of drug-likeness (QED) is 0.710. The van der Waals surface area contributed by atoms with Crippen LogP contribution in [0.25, 0.3) is 10.9 Å². The highest BCUT2D eigenvalue weighted by molar-refractivity contribution is 5.84. The molecule has 106 valence electrons. The highest BCUT2D eigenvalue weighted by Gasteiger charge is 2.11. The van der Waals surface area contributed by atoms with Crippen molar-refractivity contribution in [1.29, 1.82) is 0 Å². The van der Waals surface area contributed by atoms with Crippen LogP contribution in [0, 0.1) is 11.6 Å². The third-order valence-corrected chi connectivity index (χ3v) is 2.89. The SMILES string of the molecule is Nc1cc2c(=O)[nH]cnc2cc1Oc1cc(F)ccc1F. The predicted molar refractivity (Wildman–Crippen MR) is 73.2 cm³/mol. The zero-order chi connectivity index (χ0) is 15.0. The van der Waals surface area contributed by atoms with Gasteiger partial charge in [0.25, 0.3) is 5.56 Å². The highest BCUT2D eigenvalue weighted by atomic mass is 19.1. The van der Waals surface area contributed by atoms with Gasteiger partial charge in [-0.05, 0) is 18.2 Å². The average Bonchev–Trinajstić information content (AvgIpc) is 2.45. The molecule has 3 N–H and O–H groups in total. The van der Waals surface area contributed by atoms with Gasteiger partial charge in [-0.3, -0.25) is 4.79 Å². The van der Waals surface area contributed by atoms with E-state index in [0.29, 0.717) is 5.52 Å². The topological polar surface area (TPSA) is 81.0 Å². The first-order valence-electron chi connectivity index (χ1n) is 5.94. The van der Waals surface area contributed by atoms with E-state index in [-0.39, 0.29) is 28.1 Å². The van der Waals surface area contributed by atoms with E-state index in [1.807, 2.05) is 0 Å². The Morgan fingerprint density at radius 3 is 2.76 bits per heavy atom. The molecule has 1 heterocycles. The van der Waals surface area contributed by atoms with Gasteiger partial charge in [-0.15, -0.1) is 0 Å². The van der Waals surface area contributed by atoms with Crippen LogP contribution in [0.2, 0.25) is 0 Å². The van der Waals surface area contributed by atoms with Crippen LogP contribution in [0.3, 0.4) is 0 Å². The van der Waals surface area contributed by atoms with Crippen molar-refractivity contribution in [2.75, 3.05) is 5.73 Å². The summed E-state index contributed by atoms with van der Waals surface area (Å²) < 4.78 is 32.0. The Kier molecular flexibility index (Phi) is 3.02. The van der Waals surface area contributed by atoms with Gasteiger partial charge in [0.2, 0.25) is 0 Å². The van der Waals surface area contributed by atoms with Crippen molar-refractivity contribution in [3.8, 4) is 11.5 Å². The van der Waals surface area contributed by atoms with Crippen LogP contribution in [0.4, 0.5) is 14.5 Å². The largest absolute Gasteiger partial charge is 0.452 e. The van der Waals surface area contributed by atoms with Gasteiger partial charge in [0.1, 0.15) is 5.82 Å². The first-order chi connectivity index (χ1) is 10.0. The molecule has 0 atom stereocenters. The zero-order valence-electron chi connectivity index (χ0n) is 10.6. The summed E-state index contributed by atoms with van der Waals surface area (Å²) in [4.78, 5) is 18.0. The van der Waals surface area contributed by atoms with E-state index < -0.39 is 11.6 Å². The summed E-state index contributed by atoms with van der Waals surface area (Å²) in [6.45, 7) is 0. The molecule has 0 aliphatic heterocycles. The number of halogens is 2. The lowest BCUT2D eigenvalue weighted by Crippen LogP contribution is -2.07. The van der Waals surface area contributed by atoms with Gasteiger partial charge in [0, 0.05) is 12.1 Å². The number of nitrogens with one attached hydrogen (secondary N) is 1. The van der Waals surface area contributed by atoms with Gasteiger partial charge >= 0.3 is 0 Å². The minimum absolute atomic E-state index is 0.0881. The maximum Gasteiger partial charge on any atom is 0.258 e. The van der Waals surface area contributed by atoms with Crippen LogP contribution in [-0.4, -0.2) is 9.97 Å². The van der Waals surface area contributed by atoms with E-state index in [0.717, 1.165) is 18.2 Å². The maximum atomic E-state index is 13.6. The van der Waals surface area contributed by atoms with Crippen LogP contribution in [0.15, 0.2) is 41.5 Å². The number of H-pyrrole nitrogens is 1. The van der Waals surface area contributed by atoms with Crippen LogP contribution < -0.4 is 16.0 Å². The maximum absolute atomic E-state index is 13.6. The number of aromatic amines is 1. The lowest BCUT2D eigenvalue weighted by Gasteiger charge is -2.10. The molecule has 0 fully saturated rings. The Hall–Kier alpha value is -2.96. The van der Waals surface area contributed by atoms with Crippen molar-refractivity contribution in [1.82, 2.24) is 9.97 Å². The standard InChI is InChI=1S/C14H9F2N3O2/c15-7-1-2-9(16)12(3-7)21-13-5-11-8(4-10(13)17)14(20)19-6-18-11/h1-6H,17H2,(H,18,19,20). The van der Waals surface area contributed by atoms with Crippen molar-refractivity contribution < 1.29 is 13.5 Å². The van der Waals surface area contributed by atoms with Gasteiger partial charge < -0.3 is 15.5 Å². The number of aromatic nitrogens is 2. The molecule has 0 unspecified atom stereocenters. The van der Waals surface area contributed by atoms with E-state index in [4.69, 9.17) is 10.5 Å². The smallest absolute Gasteiger partial charge is 0.258 e. The predicted octanol–water partition coefficient (Wildman–Crippen LogP) is 2.58. The second kappa shape index (κ2) is 4.86. The van der Waals surface area contributed by atoms with Gasteiger partial charge in [0.15, 0.2) is 17.3 Å². The summed E-state index contributed by atoms with van der Waals surface area (Å²) in [6.07, 6.45) is 1.23. The summed E-state index contributed by atoms with van der Waals surface area (Å²) in [6, 6.07) is 5.60. The molecule has 0 aliphatic carbocycles. The number of nitrogen functional groups attached to an aromatic ring is 1. The number of hydrogen-bond donors (Lipinski definition) is 2. The van der Waals surface area contributed by atoms with Gasteiger partial charge in [-0.2, -0.15) is 0 Å². The molecule has 7 heteroatoms. The molecular weight excluding hydrogens is 280 g/mol. The molecule has 0 radical (unpaired) electrons. The normalized spacial score (nSPS) is 10.8. The molecule has 0 saturated heterocycles. The molecule has 1 aromatic heterocycles. The number of benzene rings is 2. The van der Waals surface area contributed by atoms with E-state index in [1.165, 1.54) is 18.5 Å². The molecule has 0 amide bonds. The average molecular weight is 289 g/mol. The Morgan fingerprint density at radius 2 is 1.95 bits per heavy atom. The van der Waals surface area contributed by atoms with Crippen LogP contribution in [0.5, 0.6) is 11.5 Å². The zero-order valence-corrected chi connectivity index (χ0v) is 10.6. The second-order valence-electron chi connectivity index (χ2n) is 4.32.